The lowest BCUT2D eigenvalue weighted by Gasteiger charge is -2.33. The van der Waals surface area contributed by atoms with Crippen LogP contribution in [0.4, 0.5) is 4.39 Å². The fraction of sp³-hybridized carbons (Fsp3) is 0.500. The maximum Gasteiger partial charge on any atom is 0.128 e. The Morgan fingerprint density at radius 3 is 2.81 bits per heavy atom. The maximum atomic E-state index is 13.8. The van der Waals surface area contributed by atoms with Gasteiger partial charge in [-0.25, -0.2) is 4.39 Å². The van der Waals surface area contributed by atoms with Crippen LogP contribution in [0, 0.1) is 11.7 Å². The van der Waals surface area contributed by atoms with E-state index in [0.717, 1.165) is 11.3 Å². The summed E-state index contributed by atoms with van der Waals surface area (Å²) in [6, 6.07) is 2.76. The fourth-order valence-corrected chi connectivity index (χ4v) is 3.88. The Balaban J connectivity index is 2.48. The quantitative estimate of drug-likeness (QED) is 0.831. The zero-order valence-corrected chi connectivity index (χ0v) is 10.9. The highest BCUT2D eigenvalue weighted by Crippen LogP contribution is 2.43. The predicted octanol–water partition coefficient (Wildman–Crippen LogP) is 3.75. The molecule has 0 saturated heterocycles. The molecule has 88 valence electrons. The summed E-state index contributed by atoms with van der Waals surface area (Å²) in [7, 11) is 0. The van der Waals surface area contributed by atoms with Crippen LogP contribution in [0.2, 0.25) is 5.02 Å². The number of hydrogen-bond acceptors (Lipinski definition) is 2. The van der Waals surface area contributed by atoms with Crippen LogP contribution in [0.3, 0.4) is 0 Å². The molecule has 2 unspecified atom stereocenters. The van der Waals surface area contributed by atoms with Gasteiger partial charge in [0.05, 0.1) is 0 Å². The van der Waals surface area contributed by atoms with Crippen LogP contribution in [-0.2, 0) is 5.75 Å². The van der Waals surface area contributed by atoms with Gasteiger partial charge in [-0.2, -0.15) is 11.8 Å². The second kappa shape index (κ2) is 4.55. The Labute approximate surface area is 105 Å². The van der Waals surface area contributed by atoms with Crippen LogP contribution in [0.15, 0.2) is 12.1 Å². The van der Waals surface area contributed by atoms with Gasteiger partial charge >= 0.3 is 0 Å². The monoisotopic (exact) mass is 259 g/mol. The molecule has 2 atom stereocenters. The van der Waals surface area contributed by atoms with Crippen LogP contribution >= 0.6 is 23.4 Å². The molecule has 0 aliphatic carbocycles. The van der Waals surface area contributed by atoms with Gasteiger partial charge in [-0.3, -0.25) is 0 Å². The van der Waals surface area contributed by atoms with Crippen molar-refractivity contribution >= 4 is 23.4 Å². The predicted molar refractivity (Wildman–Crippen MR) is 68.3 cm³/mol. The summed E-state index contributed by atoms with van der Waals surface area (Å²) in [6.07, 6.45) is 0. The topological polar surface area (TPSA) is 26.0 Å². The molecule has 0 aromatic heterocycles. The van der Waals surface area contributed by atoms with E-state index in [2.05, 4.69) is 13.8 Å². The molecule has 1 heterocycles. The molecule has 1 aliphatic rings. The van der Waals surface area contributed by atoms with Gasteiger partial charge in [0.15, 0.2) is 0 Å². The molecule has 1 aromatic carbocycles. The van der Waals surface area contributed by atoms with Crippen LogP contribution in [0.5, 0.6) is 0 Å². The number of benzene rings is 1. The summed E-state index contributed by atoms with van der Waals surface area (Å²) in [5.41, 5.74) is 7.63. The number of halogens is 2. The molecule has 1 aromatic rings. The smallest absolute Gasteiger partial charge is 0.128 e. The maximum absolute atomic E-state index is 13.8. The van der Waals surface area contributed by atoms with Crippen molar-refractivity contribution in [2.24, 2.45) is 11.7 Å². The first-order chi connectivity index (χ1) is 7.52. The Kier molecular flexibility index (Phi) is 3.48. The summed E-state index contributed by atoms with van der Waals surface area (Å²) < 4.78 is 13.8. The molecule has 0 saturated carbocycles. The van der Waals surface area contributed by atoms with E-state index in [-0.39, 0.29) is 17.1 Å². The van der Waals surface area contributed by atoms with Crippen molar-refractivity contribution < 1.29 is 4.39 Å². The van der Waals surface area contributed by atoms with Crippen molar-refractivity contribution in [3.8, 4) is 0 Å². The highest BCUT2D eigenvalue weighted by Gasteiger charge is 2.32. The Hall–Kier alpha value is -0.250. The van der Waals surface area contributed by atoms with E-state index in [0.29, 0.717) is 16.5 Å². The van der Waals surface area contributed by atoms with Crippen molar-refractivity contribution in [1.82, 2.24) is 0 Å². The first-order valence-corrected chi connectivity index (χ1v) is 6.79. The zero-order valence-electron chi connectivity index (χ0n) is 9.34. The lowest BCUT2D eigenvalue weighted by molar-refractivity contribution is 0.495. The molecule has 0 spiro atoms. The van der Waals surface area contributed by atoms with E-state index >= 15 is 0 Å². The molecule has 1 nitrogen and oxygen atoms in total. The SMILES string of the molecule is CC(C)C1SCc2c(Cl)ccc(F)c2C1N. The van der Waals surface area contributed by atoms with Crippen molar-refractivity contribution in [3.05, 3.63) is 34.1 Å². The highest BCUT2D eigenvalue weighted by molar-refractivity contribution is 7.99. The molecule has 0 bridgehead atoms. The lowest BCUT2D eigenvalue weighted by atomic mass is 9.93. The number of rotatable bonds is 1. The van der Waals surface area contributed by atoms with Crippen LogP contribution in [0.25, 0.3) is 0 Å². The fourth-order valence-electron chi connectivity index (χ4n) is 2.17. The minimum atomic E-state index is -0.257. The third-order valence-electron chi connectivity index (χ3n) is 3.01. The van der Waals surface area contributed by atoms with Gasteiger partial charge in [0, 0.05) is 27.6 Å². The number of thioether (sulfide) groups is 1. The number of fused-ring (bicyclic) bond motifs is 1. The van der Waals surface area contributed by atoms with Gasteiger partial charge in [0.25, 0.3) is 0 Å². The first kappa shape index (κ1) is 12.2. The lowest BCUT2D eigenvalue weighted by Crippen LogP contribution is -2.33. The van der Waals surface area contributed by atoms with Gasteiger partial charge in [-0.15, -0.1) is 0 Å². The highest BCUT2D eigenvalue weighted by atomic mass is 35.5. The van der Waals surface area contributed by atoms with Crippen LogP contribution < -0.4 is 5.73 Å². The number of nitrogens with two attached hydrogens (primary N) is 1. The van der Waals surface area contributed by atoms with Gasteiger partial charge < -0.3 is 5.73 Å². The van der Waals surface area contributed by atoms with Crippen molar-refractivity contribution in [2.75, 3.05) is 0 Å². The number of hydrogen-bond donors (Lipinski definition) is 1. The van der Waals surface area contributed by atoms with Gasteiger partial charge in [0.2, 0.25) is 0 Å². The van der Waals surface area contributed by atoms with E-state index in [1.807, 2.05) is 0 Å². The summed E-state index contributed by atoms with van der Waals surface area (Å²) in [5, 5.41) is 0.891. The standard InChI is InChI=1S/C12H15ClFNS/c1-6(2)12-11(15)10-7(5-16-12)8(13)3-4-9(10)14/h3-4,6,11-12H,5,15H2,1-2H3. The largest absolute Gasteiger partial charge is 0.323 e. The third kappa shape index (κ3) is 1.96. The van der Waals surface area contributed by atoms with E-state index in [4.69, 9.17) is 17.3 Å². The van der Waals surface area contributed by atoms with Crippen molar-refractivity contribution in [2.45, 2.75) is 30.9 Å². The van der Waals surface area contributed by atoms with E-state index in [9.17, 15) is 4.39 Å². The summed E-state index contributed by atoms with van der Waals surface area (Å²) >= 11 is 7.84. The van der Waals surface area contributed by atoms with Crippen LogP contribution in [0.1, 0.15) is 31.0 Å². The molecular weight excluding hydrogens is 245 g/mol. The molecule has 2 rings (SSSR count). The normalized spacial score (nSPS) is 24.6. The first-order valence-electron chi connectivity index (χ1n) is 5.36. The zero-order chi connectivity index (χ0) is 11.9. The van der Waals surface area contributed by atoms with Gasteiger partial charge in [-0.05, 0) is 23.6 Å². The average molecular weight is 260 g/mol. The third-order valence-corrected chi connectivity index (χ3v) is 5.04. The van der Waals surface area contributed by atoms with Gasteiger partial charge in [-0.1, -0.05) is 25.4 Å². The Bertz CT molecular complexity index is 408. The molecular formula is C12H15ClFNS. The van der Waals surface area contributed by atoms with Crippen molar-refractivity contribution in [1.29, 1.82) is 0 Å². The minimum absolute atomic E-state index is 0.224. The molecule has 16 heavy (non-hydrogen) atoms. The Morgan fingerprint density at radius 2 is 2.19 bits per heavy atom. The molecule has 0 radical (unpaired) electrons. The van der Waals surface area contributed by atoms with E-state index < -0.39 is 0 Å². The molecule has 0 amide bonds. The van der Waals surface area contributed by atoms with Crippen molar-refractivity contribution in [3.63, 3.8) is 0 Å². The molecule has 1 aliphatic heterocycles. The Morgan fingerprint density at radius 1 is 1.50 bits per heavy atom. The second-order valence-corrected chi connectivity index (χ2v) is 6.04. The summed E-state index contributed by atoms with van der Waals surface area (Å²) in [4.78, 5) is 0. The van der Waals surface area contributed by atoms with E-state index in [1.165, 1.54) is 6.07 Å². The molecule has 2 N–H and O–H groups in total. The molecule has 0 fully saturated rings. The van der Waals surface area contributed by atoms with E-state index in [1.54, 1.807) is 17.8 Å². The van der Waals surface area contributed by atoms with Crippen LogP contribution in [-0.4, -0.2) is 5.25 Å². The second-order valence-electron chi connectivity index (χ2n) is 4.47. The summed E-state index contributed by atoms with van der Waals surface area (Å²) in [6.45, 7) is 4.23. The minimum Gasteiger partial charge on any atom is -0.323 e. The molecule has 4 heteroatoms. The summed E-state index contributed by atoms with van der Waals surface area (Å²) in [5.74, 6) is 0.965. The van der Waals surface area contributed by atoms with Gasteiger partial charge in [0.1, 0.15) is 5.82 Å². The average Bonchev–Trinajstić information content (AvgIpc) is 2.23.